The Bertz CT molecular complexity index is 626. The molecule has 6 heteroatoms. The van der Waals surface area contributed by atoms with E-state index in [9.17, 15) is 9.59 Å². The highest BCUT2D eigenvalue weighted by Gasteiger charge is 2.51. The van der Waals surface area contributed by atoms with Gasteiger partial charge in [-0.05, 0) is 32.3 Å². The molecule has 0 aliphatic carbocycles. The first-order valence-corrected chi connectivity index (χ1v) is 9.45. The summed E-state index contributed by atoms with van der Waals surface area (Å²) in [6.07, 6.45) is 1.65. The first kappa shape index (κ1) is 18.7. The molecule has 1 spiro atoms. The number of rotatable bonds is 4. The second-order valence-electron chi connectivity index (χ2n) is 7.72. The van der Waals surface area contributed by atoms with Crippen molar-refractivity contribution >= 4 is 11.9 Å². The maximum absolute atomic E-state index is 12.8. The van der Waals surface area contributed by atoms with Gasteiger partial charge in [-0.2, -0.15) is 0 Å². The van der Waals surface area contributed by atoms with Crippen LogP contribution in [0.15, 0.2) is 30.3 Å². The van der Waals surface area contributed by atoms with Crippen LogP contribution >= 0.6 is 0 Å². The number of carbonyl (C=O) groups is 2. The molecule has 142 valence electrons. The van der Waals surface area contributed by atoms with E-state index in [0.29, 0.717) is 32.8 Å². The monoisotopic (exact) mass is 359 g/mol. The number of hydrogen-bond donors (Lipinski definition) is 2. The topological polar surface area (TPSA) is 70.7 Å². The Morgan fingerprint density at radius 3 is 2.58 bits per heavy atom. The highest BCUT2D eigenvalue weighted by molar-refractivity contribution is 5.83. The summed E-state index contributed by atoms with van der Waals surface area (Å²) in [5.74, 6) is -0.114. The van der Waals surface area contributed by atoms with Crippen molar-refractivity contribution in [1.82, 2.24) is 15.5 Å². The first-order valence-electron chi connectivity index (χ1n) is 9.45. The molecular weight excluding hydrogens is 330 g/mol. The van der Waals surface area contributed by atoms with Crippen molar-refractivity contribution in [3.8, 4) is 0 Å². The quantitative estimate of drug-likeness (QED) is 0.865. The van der Waals surface area contributed by atoms with Gasteiger partial charge in [-0.15, -0.1) is 0 Å². The molecule has 1 aromatic rings. The minimum absolute atomic E-state index is 0.0558. The van der Waals surface area contributed by atoms with Crippen molar-refractivity contribution in [1.29, 1.82) is 0 Å². The zero-order chi connectivity index (χ0) is 18.6. The number of benzene rings is 1. The molecule has 0 bridgehead atoms. The fourth-order valence-corrected chi connectivity index (χ4v) is 4.04. The Hall–Kier alpha value is -2.08. The molecule has 3 rings (SSSR count). The molecule has 0 radical (unpaired) electrons. The van der Waals surface area contributed by atoms with Crippen molar-refractivity contribution in [2.75, 3.05) is 26.3 Å². The van der Waals surface area contributed by atoms with E-state index in [1.165, 1.54) is 0 Å². The number of carbonyl (C=O) groups excluding carboxylic acids is 2. The van der Waals surface area contributed by atoms with Gasteiger partial charge in [0.25, 0.3) is 0 Å². The number of urea groups is 1. The smallest absolute Gasteiger partial charge is 0.317 e. The number of ether oxygens (including phenoxy) is 1. The fraction of sp³-hybridized carbons (Fsp3) is 0.600. The zero-order valence-corrected chi connectivity index (χ0v) is 15.7. The number of amides is 3. The molecule has 2 saturated heterocycles. The first-order chi connectivity index (χ1) is 12.5. The Morgan fingerprint density at radius 2 is 1.92 bits per heavy atom. The molecule has 2 aliphatic rings. The molecule has 1 atom stereocenters. The van der Waals surface area contributed by atoms with Crippen LogP contribution in [0.3, 0.4) is 0 Å². The zero-order valence-electron chi connectivity index (χ0n) is 15.7. The summed E-state index contributed by atoms with van der Waals surface area (Å²) in [7, 11) is 0. The van der Waals surface area contributed by atoms with Crippen molar-refractivity contribution in [3.63, 3.8) is 0 Å². The van der Waals surface area contributed by atoms with Crippen molar-refractivity contribution in [3.05, 3.63) is 35.9 Å². The van der Waals surface area contributed by atoms with Crippen LogP contribution in [0.5, 0.6) is 0 Å². The highest BCUT2D eigenvalue weighted by Crippen LogP contribution is 2.44. The Labute approximate surface area is 155 Å². The Morgan fingerprint density at radius 1 is 1.23 bits per heavy atom. The summed E-state index contributed by atoms with van der Waals surface area (Å²) in [5.41, 5.74) is 0.899. The van der Waals surface area contributed by atoms with E-state index in [1.807, 2.05) is 44.2 Å². The summed E-state index contributed by atoms with van der Waals surface area (Å²) in [5, 5.41) is 6.02. The van der Waals surface area contributed by atoms with Gasteiger partial charge in [-0.3, -0.25) is 4.79 Å². The molecule has 1 aromatic carbocycles. The van der Waals surface area contributed by atoms with E-state index in [4.69, 9.17) is 4.74 Å². The van der Waals surface area contributed by atoms with Crippen LogP contribution in [0, 0.1) is 11.3 Å². The molecular formula is C20H29N3O3. The van der Waals surface area contributed by atoms with Crippen LogP contribution in [-0.4, -0.2) is 49.2 Å². The van der Waals surface area contributed by atoms with E-state index in [2.05, 4.69) is 10.6 Å². The van der Waals surface area contributed by atoms with Crippen LogP contribution in [-0.2, 0) is 16.1 Å². The molecule has 0 saturated carbocycles. The molecule has 2 N–H and O–H groups in total. The lowest BCUT2D eigenvalue weighted by molar-refractivity contribution is -0.130. The third-order valence-electron chi connectivity index (χ3n) is 5.46. The molecule has 2 heterocycles. The number of nitrogens with zero attached hydrogens (tertiary/aromatic N) is 1. The average Bonchev–Trinajstić information content (AvgIpc) is 2.99. The Kier molecular flexibility index (Phi) is 5.81. The summed E-state index contributed by atoms with van der Waals surface area (Å²) in [6, 6.07) is 9.85. The van der Waals surface area contributed by atoms with Crippen LogP contribution in [0.25, 0.3) is 0 Å². The normalized spacial score (nSPS) is 21.8. The third-order valence-corrected chi connectivity index (χ3v) is 5.46. The summed E-state index contributed by atoms with van der Waals surface area (Å²) in [4.78, 5) is 27.3. The van der Waals surface area contributed by atoms with Crippen LogP contribution < -0.4 is 10.6 Å². The van der Waals surface area contributed by atoms with E-state index in [0.717, 1.165) is 18.4 Å². The lowest BCUT2D eigenvalue weighted by atomic mass is 9.71. The largest absolute Gasteiger partial charge is 0.381 e. The van der Waals surface area contributed by atoms with Gasteiger partial charge in [0, 0.05) is 44.3 Å². The van der Waals surface area contributed by atoms with Crippen molar-refractivity contribution in [2.45, 2.75) is 39.3 Å². The van der Waals surface area contributed by atoms with Gasteiger partial charge in [0.05, 0.1) is 5.92 Å². The van der Waals surface area contributed by atoms with Gasteiger partial charge in [0.1, 0.15) is 0 Å². The number of nitrogens with one attached hydrogen (secondary N) is 2. The summed E-state index contributed by atoms with van der Waals surface area (Å²) < 4.78 is 5.52. The number of likely N-dealkylation sites (tertiary alicyclic amines) is 1. The maximum Gasteiger partial charge on any atom is 0.317 e. The maximum atomic E-state index is 12.8. The lowest BCUT2D eigenvalue weighted by Gasteiger charge is -2.37. The molecule has 3 amide bonds. The average molecular weight is 359 g/mol. The molecule has 0 aromatic heterocycles. The van der Waals surface area contributed by atoms with Crippen molar-refractivity contribution in [2.24, 2.45) is 11.3 Å². The number of hydrogen-bond acceptors (Lipinski definition) is 3. The molecule has 2 fully saturated rings. The minimum atomic E-state index is -0.170. The van der Waals surface area contributed by atoms with Crippen LogP contribution in [0.2, 0.25) is 0 Å². The van der Waals surface area contributed by atoms with Gasteiger partial charge in [0.2, 0.25) is 5.91 Å². The van der Waals surface area contributed by atoms with E-state index in [-0.39, 0.29) is 29.3 Å². The van der Waals surface area contributed by atoms with E-state index >= 15 is 0 Å². The fourth-order valence-electron chi connectivity index (χ4n) is 4.04. The van der Waals surface area contributed by atoms with Gasteiger partial charge in [-0.25, -0.2) is 4.79 Å². The van der Waals surface area contributed by atoms with Gasteiger partial charge in [-0.1, -0.05) is 30.3 Å². The predicted molar refractivity (Wildman–Crippen MR) is 99.5 cm³/mol. The third kappa shape index (κ3) is 4.18. The van der Waals surface area contributed by atoms with Crippen LogP contribution in [0.1, 0.15) is 32.3 Å². The van der Waals surface area contributed by atoms with E-state index < -0.39 is 0 Å². The van der Waals surface area contributed by atoms with Crippen molar-refractivity contribution < 1.29 is 14.3 Å². The summed E-state index contributed by atoms with van der Waals surface area (Å²) >= 11 is 0. The summed E-state index contributed by atoms with van der Waals surface area (Å²) in [6.45, 7) is 6.83. The predicted octanol–water partition coefficient (Wildman–Crippen LogP) is 2.15. The van der Waals surface area contributed by atoms with Gasteiger partial charge in [0.15, 0.2) is 0 Å². The molecule has 2 aliphatic heterocycles. The lowest BCUT2D eigenvalue weighted by Crippen LogP contribution is -2.46. The van der Waals surface area contributed by atoms with E-state index in [1.54, 1.807) is 4.90 Å². The minimum Gasteiger partial charge on any atom is -0.381 e. The molecule has 6 nitrogen and oxygen atoms in total. The van der Waals surface area contributed by atoms with Crippen LogP contribution in [0.4, 0.5) is 4.79 Å². The molecule has 26 heavy (non-hydrogen) atoms. The van der Waals surface area contributed by atoms with Gasteiger partial charge < -0.3 is 20.3 Å². The van der Waals surface area contributed by atoms with Gasteiger partial charge >= 0.3 is 6.03 Å². The second kappa shape index (κ2) is 8.08. The highest BCUT2D eigenvalue weighted by atomic mass is 16.5. The Balaban J connectivity index is 1.67. The standard InChI is InChI=1S/C20H29N3O3/c1-15(2)22-18(24)17-13-23(14-20(17)8-10-26-11-9-20)19(25)21-12-16-6-4-3-5-7-16/h3-7,15,17H,8-14H2,1-2H3,(H,21,25)(H,22,24)/t17-/m1/s1. The second-order valence-corrected chi connectivity index (χ2v) is 7.72. The molecule has 0 unspecified atom stereocenters. The SMILES string of the molecule is CC(C)NC(=O)[C@H]1CN(C(=O)NCc2ccccc2)CC12CCOCC2.